The molecular formula is C19H16N4OS. The minimum absolute atomic E-state index is 0.0650. The Morgan fingerprint density at radius 1 is 1.20 bits per heavy atom. The molecule has 1 aliphatic carbocycles. The molecule has 25 heavy (non-hydrogen) atoms. The predicted octanol–water partition coefficient (Wildman–Crippen LogP) is 2.85. The number of nitriles is 3. The molecule has 0 saturated heterocycles. The number of fused-ring (bicyclic) bond motifs is 1. The van der Waals surface area contributed by atoms with Gasteiger partial charge >= 0.3 is 0 Å². The van der Waals surface area contributed by atoms with Crippen LogP contribution in [-0.2, 0) is 0 Å². The molecule has 1 heterocycles. The van der Waals surface area contributed by atoms with Gasteiger partial charge in [0.25, 0.3) is 0 Å². The molecule has 2 aliphatic rings. The molecule has 2 atom stereocenters. The number of allylic oxidation sites excluding steroid dienone is 3. The summed E-state index contributed by atoms with van der Waals surface area (Å²) in [5.41, 5.74) is 6.73. The zero-order chi connectivity index (χ0) is 18.0. The summed E-state index contributed by atoms with van der Waals surface area (Å²) in [6.45, 7) is 0. The van der Waals surface area contributed by atoms with Crippen LogP contribution in [0.25, 0.3) is 0 Å². The number of rotatable bonds is 2. The summed E-state index contributed by atoms with van der Waals surface area (Å²) >= 11 is 1.73. The molecule has 3 rings (SSSR count). The molecule has 1 aromatic rings. The Morgan fingerprint density at radius 2 is 1.88 bits per heavy atom. The summed E-state index contributed by atoms with van der Waals surface area (Å²) in [6.07, 6.45) is 2.00. The lowest BCUT2D eigenvalue weighted by Gasteiger charge is -2.43. The first kappa shape index (κ1) is 17.0. The van der Waals surface area contributed by atoms with Crippen molar-refractivity contribution in [2.75, 3.05) is 18.6 Å². The van der Waals surface area contributed by atoms with Crippen LogP contribution in [0.4, 0.5) is 0 Å². The second kappa shape index (κ2) is 6.55. The molecule has 1 aromatic carbocycles. The second-order valence-corrected chi connectivity index (χ2v) is 7.06. The first-order valence-corrected chi connectivity index (χ1v) is 8.93. The fourth-order valence-electron chi connectivity index (χ4n) is 3.67. The largest absolute Gasteiger partial charge is 0.497 e. The highest BCUT2D eigenvalue weighted by Crippen LogP contribution is 2.55. The average molecular weight is 348 g/mol. The minimum atomic E-state index is -1.56. The smallest absolute Gasteiger partial charge is 0.191 e. The number of hydrogen-bond donors (Lipinski definition) is 1. The fourth-order valence-corrected chi connectivity index (χ4v) is 4.73. The average Bonchev–Trinajstić information content (AvgIpc) is 2.67. The molecule has 1 aliphatic heterocycles. The normalized spacial score (nSPS) is 24.2. The summed E-state index contributed by atoms with van der Waals surface area (Å²) in [5.74, 6) is 1.71. The van der Waals surface area contributed by atoms with Crippen molar-refractivity contribution >= 4 is 11.8 Å². The molecule has 124 valence electrons. The highest BCUT2D eigenvalue weighted by molar-refractivity contribution is 7.99. The van der Waals surface area contributed by atoms with E-state index >= 15 is 0 Å². The van der Waals surface area contributed by atoms with Crippen LogP contribution < -0.4 is 10.5 Å². The number of benzene rings is 1. The van der Waals surface area contributed by atoms with Gasteiger partial charge in [-0.3, -0.25) is 0 Å². The molecule has 0 aromatic heterocycles. The Balaban J connectivity index is 2.27. The van der Waals surface area contributed by atoms with Crippen molar-refractivity contribution in [1.29, 1.82) is 15.8 Å². The van der Waals surface area contributed by atoms with Crippen molar-refractivity contribution in [3.8, 4) is 24.0 Å². The number of hydrogen-bond acceptors (Lipinski definition) is 6. The van der Waals surface area contributed by atoms with E-state index in [4.69, 9.17) is 10.5 Å². The van der Waals surface area contributed by atoms with E-state index < -0.39 is 11.3 Å². The van der Waals surface area contributed by atoms with Gasteiger partial charge in [0.15, 0.2) is 5.41 Å². The van der Waals surface area contributed by atoms with E-state index in [1.165, 1.54) is 0 Å². The molecule has 0 amide bonds. The minimum Gasteiger partial charge on any atom is -0.497 e. The van der Waals surface area contributed by atoms with Gasteiger partial charge < -0.3 is 10.5 Å². The van der Waals surface area contributed by atoms with E-state index in [-0.39, 0.29) is 17.2 Å². The third-order valence-electron chi connectivity index (χ3n) is 4.91. The Kier molecular flexibility index (Phi) is 4.45. The van der Waals surface area contributed by atoms with Crippen LogP contribution in [0.3, 0.4) is 0 Å². The molecule has 0 saturated carbocycles. The van der Waals surface area contributed by atoms with Crippen LogP contribution >= 0.6 is 11.8 Å². The summed E-state index contributed by atoms with van der Waals surface area (Å²) in [5, 5.41) is 29.4. The molecular weight excluding hydrogens is 332 g/mol. The van der Waals surface area contributed by atoms with Crippen LogP contribution in [0.15, 0.2) is 47.2 Å². The number of thioether (sulfide) groups is 1. The summed E-state index contributed by atoms with van der Waals surface area (Å²) in [7, 11) is 1.59. The van der Waals surface area contributed by atoms with Gasteiger partial charge in [0.1, 0.15) is 11.8 Å². The maximum absolute atomic E-state index is 9.90. The van der Waals surface area contributed by atoms with Gasteiger partial charge in [-0.05, 0) is 23.3 Å². The van der Waals surface area contributed by atoms with Gasteiger partial charge in [-0.25, -0.2) is 0 Å². The lowest BCUT2D eigenvalue weighted by atomic mass is 9.59. The van der Waals surface area contributed by atoms with Crippen molar-refractivity contribution in [2.45, 2.75) is 5.92 Å². The maximum atomic E-state index is 9.90. The molecule has 0 fully saturated rings. The second-order valence-electron chi connectivity index (χ2n) is 5.99. The third kappa shape index (κ3) is 2.45. The lowest BCUT2D eigenvalue weighted by Crippen LogP contribution is -2.43. The van der Waals surface area contributed by atoms with Crippen LogP contribution in [0.1, 0.15) is 11.5 Å². The molecule has 6 heteroatoms. The number of methoxy groups -OCH3 is 1. The zero-order valence-corrected chi connectivity index (χ0v) is 14.5. The van der Waals surface area contributed by atoms with Crippen LogP contribution in [0.2, 0.25) is 0 Å². The van der Waals surface area contributed by atoms with Crippen molar-refractivity contribution in [2.24, 2.45) is 17.1 Å². The molecule has 0 spiro atoms. The Labute approximate surface area is 151 Å². The Bertz CT molecular complexity index is 866. The van der Waals surface area contributed by atoms with Gasteiger partial charge in [-0.15, -0.1) is 0 Å². The van der Waals surface area contributed by atoms with E-state index in [2.05, 4.69) is 18.2 Å². The van der Waals surface area contributed by atoms with Gasteiger partial charge in [-0.1, -0.05) is 18.2 Å². The first-order valence-electron chi connectivity index (χ1n) is 7.78. The molecule has 0 bridgehead atoms. The number of nitrogens with two attached hydrogens (primary N) is 1. The first-order chi connectivity index (χ1) is 12.1. The topological polar surface area (TPSA) is 107 Å². The Hall–Kier alpha value is -2.88. The van der Waals surface area contributed by atoms with Crippen molar-refractivity contribution in [1.82, 2.24) is 0 Å². The van der Waals surface area contributed by atoms with E-state index in [0.29, 0.717) is 5.75 Å². The van der Waals surface area contributed by atoms with Gasteiger partial charge in [-0.2, -0.15) is 27.5 Å². The summed E-state index contributed by atoms with van der Waals surface area (Å²) in [4.78, 5) is 0. The SMILES string of the molecule is COc1ccc(C2C3CSCC=C3C(C#N)=C(N)C2(C#N)C#N)cc1. The zero-order valence-electron chi connectivity index (χ0n) is 13.7. The van der Waals surface area contributed by atoms with Crippen LogP contribution in [0.5, 0.6) is 5.75 Å². The number of ether oxygens (including phenoxy) is 1. The molecule has 2 N–H and O–H groups in total. The quantitative estimate of drug-likeness (QED) is 0.880. The van der Waals surface area contributed by atoms with E-state index in [1.54, 1.807) is 18.9 Å². The van der Waals surface area contributed by atoms with E-state index in [0.717, 1.165) is 22.6 Å². The monoisotopic (exact) mass is 348 g/mol. The van der Waals surface area contributed by atoms with Crippen molar-refractivity contribution < 1.29 is 4.74 Å². The van der Waals surface area contributed by atoms with Gasteiger partial charge in [0.2, 0.25) is 0 Å². The highest BCUT2D eigenvalue weighted by Gasteiger charge is 2.53. The lowest BCUT2D eigenvalue weighted by molar-refractivity contribution is 0.367. The predicted molar refractivity (Wildman–Crippen MR) is 95.1 cm³/mol. The van der Waals surface area contributed by atoms with Crippen LogP contribution in [-0.4, -0.2) is 18.6 Å². The van der Waals surface area contributed by atoms with E-state index in [9.17, 15) is 15.8 Å². The van der Waals surface area contributed by atoms with Crippen molar-refractivity contribution in [3.63, 3.8) is 0 Å². The van der Waals surface area contributed by atoms with Gasteiger partial charge in [0, 0.05) is 23.3 Å². The molecule has 0 radical (unpaired) electrons. The van der Waals surface area contributed by atoms with E-state index in [1.807, 2.05) is 30.3 Å². The third-order valence-corrected chi connectivity index (χ3v) is 5.91. The van der Waals surface area contributed by atoms with Gasteiger partial charge in [0.05, 0.1) is 30.5 Å². The van der Waals surface area contributed by atoms with Crippen LogP contribution in [0, 0.1) is 45.3 Å². The maximum Gasteiger partial charge on any atom is 0.191 e. The standard InChI is InChI=1S/C19H16N4OS/c1-24-13-4-2-12(3-5-13)17-16-9-25-7-6-14(16)15(8-20)18(23)19(17,10-21)11-22/h2-6,16-17H,7,9,23H2,1H3. The van der Waals surface area contributed by atoms with Crippen molar-refractivity contribution in [3.05, 3.63) is 52.7 Å². The summed E-state index contributed by atoms with van der Waals surface area (Å²) < 4.78 is 5.20. The summed E-state index contributed by atoms with van der Waals surface area (Å²) in [6, 6.07) is 13.7. The number of nitrogens with zero attached hydrogens (tertiary/aromatic N) is 3. The Morgan fingerprint density at radius 3 is 2.44 bits per heavy atom. The molecule has 5 nitrogen and oxygen atoms in total. The molecule has 2 unspecified atom stereocenters. The fraction of sp³-hybridized carbons (Fsp3) is 0.316. The highest BCUT2D eigenvalue weighted by atomic mass is 32.2.